The average Bonchev–Trinajstić information content (AvgIpc) is 2.44. The van der Waals surface area contributed by atoms with Gasteiger partial charge in [-0.2, -0.15) is 0 Å². The number of hydrogen-bond acceptors (Lipinski definition) is 5. The molecule has 2 aromatic rings. The molecule has 0 unspecified atom stereocenters. The summed E-state index contributed by atoms with van der Waals surface area (Å²) in [4.78, 5) is 15.7. The predicted octanol–water partition coefficient (Wildman–Crippen LogP) is 0.241. The number of hydrogen-bond donors (Lipinski definition) is 3. The van der Waals surface area contributed by atoms with E-state index in [4.69, 9.17) is 10.9 Å². The largest absolute Gasteiger partial charge is 0.384 e. The van der Waals surface area contributed by atoms with Gasteiger partial charge in [-0.3, -0.25) is 4.79 Å². The molecule has 0 spiro atoms. The first-order chi connectivity index (χ1) is 9.86. The number of nitrogens with one attached hydrogen (secondary N) is 1. The lowest BCUT2D eigenvalue weighted by atomic mass is 10.2. The summed E-state index contributed by atoms with van der Waals surface area (Å²) >= 11 is 0. The Morgan fingerprint density at radius 3 is 2.43 bits per heavy atom. The molecule has 1 aromatic carbocycles. The van der Waals surface area contributed by atoms with Gasteiger partial charge in [-0.15, -0.1) is 0 Å². The summed E-state index contributed by atoms with van der Waals surface area (Å²) in [7, 11) is -3.71. The molecule has 1 heterocycles. The predicted molar refractivity (Wildman–Crippen MR) is 77.6 cm³/mol. The van der Waals surface area contributed by atoms with Gasteiger partial charge in [-0.25, -0.2) is 18.5 Å². The number of sulfonamides is 1. The van der Waals surface area contributed by atoms with Crippen molar-refractivity contribution >= 4 is 21.7 Å². The molecule has 0 saturated carbocycles. The molecule has 5 N–H and O–H groups in total. The number of carbonyl (C=O) groups is 1. The number of benzene rings is 1. The van der Waals surface area contributed by atoms with Crippen molar-refractivity contribution in [2.45, 2.75) is 11.4 Å². The summed E-state index contributed by atoms with van der Waals surface area (Å²) < 4.78 is 22.2. The monoisotopic (exact) mass is 306 g/mol. The van der Waals surface area contributed by atoms with Crippen LogP contribution in [0.15, 0.2) is 47.5 Å². The third kappa shape index (κ3) is 4.01. The second-order valence-corrected chi connectivity index (χ2v) is 5.90. The number of nitrogens with zero attached hydrogens (tertiary/aromatic N) is 1. The molecule has 0 aliphatic rings. The summed E-state index contributed by atoms with van der Waals surface area (Å²) in [5.74, 6) is -0.0280. The number of rotatable bonds is 4. The lowest BCUT2D eigenvalue weighted by Crippen LogP contribution is -2.23. The molecule has 0 radical (unpaired) electrons. The molecule has 2 rings (SSSR count). The van der Waals surface area contributed by atoms with Gasteiger partial charge >= 0.3 is 0 Å². The van der Waals surface area contributed by atoms with E-state index >= 15 is 0 Å². The van der Waals surface area contributed by atoms with Gasteiger partial charge in [0.2, 0.25) is 10.0 Å². The van der Waals surface area contributed by atoms with Crippen LogP contribution in [-0.2, 0) is 16.6 Å². The normalized spacial score (nSPS) is 11.1. The number of amides is 1. The lowest BCUT2D eigenvalue weighted by Gasteiger charge is -2.06. The van der Waals surface area contributed by atoms with E-state index in [2.05, 4.69) is 10.3 Å². The van der Waals surface area contributed by atoms with Crippen LogP contribution in [0.25, 0.3) is 0 Å². The molecule has 0 atom stereocenters. The summed E-state index contributed by atoms with van der Waals surface area (Å²) in [5.41, 5.74) is 6.66. The average molecular weight is 306 g/mol. The van der Waals surface area contributed by atoms with Crippen molar-refractivity contribution < 1.29 is 13.2 Å². The maximum absolute atomic E-state index is 11.9. The van der Waals surface area contributed by atoms with Crippen molar-refractivity contribution in [3.05, 3.63) is 53.7 Å². The second-order valence-electron chi connectivity index (χ2n) is 4.34. The zero-order valence-corrected chi connectivity index (χ0v) is 11.8. The quantitative estimate of drug-likeness (QED) is 0.745. The number of pyridine rings is 1. The van der Waals surface area contributed by atoms with E-state index in [9.17, 15) is 13.2 Å². The number of primary sulfonamides is 1. The Labute approximate surface area is 122 Å². The third-order valence-electron chi connectivity index (χ3n) is 2.75. The summed E-state index contributed by atoms with van der Waals surface area (Å²) in [6, 6.07) is 8.97. The maximum Gasteiger partial charge on any atom is 0.251 e. The van der Waals surface area contributed by atoms with Crippen LogP contribution < -0.4 is 16.2 Å². The third-order valence-corrected chi connectivity index (χ3v) is 3.68. The first-order valence-electron chi connectivity index (χ1n) is 5.98. The summed E-state index contributed by atoms with van der Waals surface area (Å²) in [5, 5.41) is 7.70. The van der Waals surface area contributed by atoms with Gasteiger partial charge in [0, 0.05) is 18.3 Å². The minimum Gasteiger partial charge on any atom is -0.384 e. The van der Waals surface area contributed by atoms with Crippen molar-refractivity contribution in [3.8, 4) is 0 Å². The van der Waals surface area contributed by atoms with Crippen molar-refractivity contribution in [1.29, 1.82) is 0 Å². The first kappa shape index (κ1) is 14.9. The highest BCUT2D eigenvalue weighted by Crippen LogP contribution is 2.09. The standard InChI is InChI=1S/C13H14N4O3S/c14-12-7-10(5-6-16-12)13(18)17-8-9-1-3-11(4-2-9)21(15,19)20/h1-7H,8H2,(H2,14,16)(H,17,18)(H2,15,19,20). The van der Waals surface area contributed by atoms with E-state index < -0.39 is 10.0 Å². The molecule has 0 fully saturated rings. The smallest absolute Gasteiger partial charge is 0.251 e. The fraction of sp³-hybridized carbons (Fsp3) is 0.0769. The van der Waals surface area contributed by atoms with Crippen molar-refractivity contribution in [2.24, 2.45) is 5.14 Å². The Hall–Kier alpha value is -2.45. The number of nitrogens with two attached hydrogens (primary N) is 2. The van der Waals surface area contributed by atoms with Crippen LogP contribution in [0.1, 0.15) is 15.9 Å². The molecular weight excluding hydrogens is 292 g/mol. The van der Waals surface area contributed by atoms with Crippen LogP contribution in [0.5, 0.6) is 0 Å². The van der Waals surface area contributed by atoms with Crippen molar-refractivity contribution in [2.75, 3.05) is 5.73 Å². The lowest BCUT2D eigenvalue weighted by molar-refractivity contribution is 0.0951. The van der Waals surface area contributed by atoms with E-state index in [0.717, 1.165) is 5.56 Å². The Balaban J connectivity index is 2.02. The maximum atomic E-state index is 11.9. The van der Waals surface area contributed by atoms with Crippen molar-refractivity contribution in [3.63, 3.8) is 0 Å². The van der Waals surface area contributed by atoms with E-state index in [1.807, 2.05) is 0 Å². The molecular formula is C13H14N4O3S. The molecule has 1 aromatic heterocycles. The highest BCUT2D eigenvalue weighted by molar-refractivity contribution is 7.89. The fourth-order valence-electron chi connectivity index (χ4n) is 1.67. The Bertz CT molecular complexity index is 757. The SMILES string of the molecule is Nc1cc(C(=O)NCc2ccc(S(N)(=O)=O)cc2)ccn1. The van der Waals surface area contributed by atoms with E-state index in [0.29, 0.717) is 5.56 Å². The number of carbonyl (C=O) groups excluding carboxylic acids is 1. The number of aromatic nitrogens is 1. The van der Waals surface area contributed by atoms with Crippen LogP contribution in [0, 0.1) is 0 Å². The van der Waals surface area contributed by atoms with Gasteiger partial charge in [-0.1, -0.05) is 12.1 Å². The molecule has 7 nitrogen and oxygen atoms in total. The molecule has 0 aliphatic carbocycles. The van der Waals surface area contributed by atoms with Gasteiger partial charge in [0.25, 0.3) is 5.91 Å². The van der Waals surface area contributed by atoms with E-state index in [1.54, 1.807) is 18.2 Å². The van der Waals surface area contributed by atoms with Crippen LogP contribution in [-0.4, -0.2) is 19.3 Å². The van der Waals surface area contributed by atoms with Gasteiger partial charge in [0.05, 0.1) is 4.90 Å². The summed E-state index contributed by atoms with van der Waals surface area (Å²) in [6.07, 6.45) is 1.45. The molecule has 1 amide bonds. The molecule has 0 aliphatic heterocycles. The van der Waals surface area contributed by atoms with Gasteiger partial charge in [0.1, 0.15) is 5.82 Å². The van der Waals surface area contributed by atoms with Crippen molar-refractivity contribution in [1.82, 2.24) is 10.3 Å². The van der Waals surface area contributed by atoms with Crippen LogP contribution in [0.2, 0.25) is 0 Å². The molecule has 8 heteroatoms. The van der Waals surface area contributed by atoms with Gasteiger partial charge in [0.15, 0.2) is 0 Å². The zero-order valence-electron chi connectivity index (χ0n) is 11.0. The van der Waals surface area contributed by atoms with Crippen LogP contribution in [0.3, 0.4) is 0 Å². The Kier molecular flexibility index (Phi) is 4.20. The molecule has 0 bridgehead atoms. The highest BCUT2D eigenvalue weighted by atomic mass is 32.2. The Morgan fingerprint density at radius 2 is 1.86 bits per heavy atom. The zero-order chi connectivity index (χ0) is 15.5. The van der Waals surface area contributed by atoms with Gasteiger partial charge < -0.3 is 11.1 Å². The first-order valence-corrected chi connectivity index (χ1v) is 7.52. The molecule has 21 heavy (non-hydrogen) atoms. The van der Waals surface area contributed by atoms with E-state index in [-0.39, 0.29) is 23.2 Å². The topological polar surface area (TPSA) is 128 Å². The summed E-state index contributed by atoms with van der Waals surface area (Å²) in [6.45, 7) is 0.256. The minimum atomic E-state index is -3.71. The second kappa shape index (κ2) is 5.90. The Morgan fingerprint density at radius 1 is 1.19 bits per heavy atom. The number of anilines is 1. The minimum absolute atomic E-state index is 0.0273. The van der Waals surface area contributed by atoms with Crippen LogP contribution in [0.4, 0.5) is 5.82 Å². The number of nitrogen functional groups attached to an aromatic ring is 1. The van der Waals surface area contributed by atoms with Crippen LogP contribution >= 0.6 is 0 Å². The highest BCUT2D eigenvalue weighted by Gasteiger charge is 2.08. The molecule has 110 valence electrons. The van der Waals surface area contributed by atoms with E-state index in [1.165, 1.54) is 24.4 Å². The van der Waals surface area contributed by atoms with Gasteiger partial charge in [-0.05, 0) is 29.8 Å². The fourth-order valence-corrected chi connectivity index (χ4v) is 2.19. The molecule has 0 saturated heterocycles.